The molecule has 1 fully saturated rings. The second-order valence-corrected chi connectivity index (χ2v) is 8.58. The standard InChI is InChI=1S/C24H24F3N5O/c1-13-12-32(20-10-22(33)30(5)19-6-7-21(28-4)29-24(19)20)14(2)11-31(13)15(3)23-17(26)8-16(25)9-18(23)27/h6-10,13-15H,11-12H2,1-3,5H3/t13-,14+,15?/m1/s1. The van der Waals surface area contributed by atoms with Gasteiger partial charge in [0.1, 0.15) is 17.5 Å². The molecule has 1 saturated heterocycles. The van der Waals surface area contributed by atoms with Crippen molar-refractivity contribution in [1.82, 2.24) is 14.5 Å². The van der Waals surface area contributed by atoms with E-state index in [1.807, 2.05) is 18.7 Å². The zero-order valence-electron chi connectivity index (χ0n) is 18.8. The van der Waals surface area contributed by atoms with Crippen LogP contribution in [0.25, 0.3) is 15.9 Å². The Morgan fingerprint density at radius 2 is 1.76 bits per heavy atom. The van der Waals surface area contributed by atoms with E-state index in [1.165, 1.54) is 10.6 Å². The smallest absolute Gasteiger partial charge is 0.270 e. The molecule has 6 nitrogen and oxygen atoms in total. The Bertz CT molecular complexity index is 1310. The molecule has 3 heterocycles. The van der Waals surface area contributed by atoms with Gasteiger partial charge in [-0.3, -0.25) is 9.69 Å². The summed E-state index contributed by atoms with van der Waals surface area (Å²) in [6.07, 6.45) is 0. The Balaban J connectivity index is 1.71. The summed E-state index contributed by atoms with van der Waals surface area (Å²) < 4.78 is 43.7. The summed E-state index contributed by atoms with van der Waals surface area (Å²) in [6, 6.07) is 5.34. The molecule has 172 valence electrons. The molecule has 33 heavy (non-hydrogen) atoms. The molecule has 3 aromatic rings. The van der Waals surface area contributed by atoms with Crippen LogP contribution >= 0.6 is 0 Å². The van der Waals surface area contributed by atoms with Gasteiger partial charge in [0.25, 0.3) is 11.4 Å². The van der Waals surface area contributed by atoms with Crippen LogP contribution in [0.5, 0.6) is 0 Å². The number of benzene rings is 1. The normalized spacial score (nSPS) is 20.1. The van der Waals surface area contributed by atoms with Gasteiger partial charge in [0.2, 0.25) is 5.52 Å². The number of aromatic nitrogens is 2. The SMILES string of the molecule is [C-]#[N+]c1ccc2c(n1)c(N1C[C@@H](C)N(C(C)c3c(F)cc(F)cc3F)C[C@@H]1C)cc(=O)n2C. The molecule has 3 atom stereocenters. The van der Waals surface area contributed by atoms with Crippen LogP contribution in [0.3, 0.4) is 0 Å². The van der Waals surface area contributed by atoms with E-state index in [1.54, 1.807) is 26.1 Å². The molecule has 9 heteroatoms. The molecular formula is C24H24F3N5O. The minimum Gasteiger partial charge on any atom is -0.362 e. The van der Waals surface area contributed by atoms with Gasteiger partial charge in [0.15, 0.2) is 0 Å². The second-order valence-electron chi connectivity index (χ2n) is 8.58. The van der Waals surface area contributed by atoms with E-state index in [0.717, 1.165) is 0 Å². The average Bonchev–Trinajstić information content (AvgIpc) is 2.76. The number of hydrogen-bond donors (Lipinski definition) is 0. The highest BCUT2D eigenvalue weighted by Gasteiger charge is 2.36. The number of rotatable bonds is 3. The molecular weight excluding hydrogens is 431 g/mol. The number of nitrogens with zero attached hydrogens (tertiary/aromatic N) is 5. The van der Waals surface area contributed by atoms with Gasteiger partial charge in [-0.05, 0) is 32.9 Å². The van der Waals surface area contributed by atoms with Crippen LogP contribution in [-0.2, 0) is 7.05 Å². The van der Waals surface area contributed by atoms with Crippen molar-refractivity contribution in [3.8, 4) is 0 Å². The molecule has 0 N–H and O–H groups in total. The van der Waals surface area contributed by atoms with E-state index in [4.69, 9.17) is 6.57 Å². The lowest BCUT2D eigenvalue weighted by Crippen LogP contribution is -2.57. The lowest BCUT2D eigenvalue weighted by Gasteiger charge is -2.47. The van der Waals surface area contributed by atoms with Gasteiger partial charge in [-0.2, -0.15) is 0 Å². The number of fused-ring (bicyclic) bond motifs is 1. The third-order valence-corrected chi connectivity index (χ3v) is 6.47. The highest BCUT2D eigenvalue weighted by atomic mass is 19.1. The van der Waals surface area contributed by atoms with E-state index >= 15 is 0 Å². The van der Waals surface area contributed by atoms with Crippen molar-refractivity contribution in [2.45, 2.75) is 38.9 Å². The zero-order valence-corrected chi connectivity index (χ0v) is 18.8. The van der Waals surface area contributed by atoms with E-state index in [9.17, 15) is 18.0 Å². The summed E-state index contributed by atoms with van der Waals surface area (Å²) in [6.45, 7) is 13.8. The molecule has 1 aliphatic rings. The zero-order chi connectivity index (χ0) is 24.0. The van der Waals surface area contributed by atoms with Crippen LogP contribution in [0.15, 0.2) is 35.1 Å². The predicted molar refractivity (Wildman–Crippen MR) is 121 cm³/mol. The first-order valence-corrected chi connectivity index (χ1v) is 10.7. The van der Waals surface area contributed by atoms with Crippen LogP contribution in [0.2, 0.25) is 0 Å². The maximum Gasteiger partial charge on any atom is 0.270 e. The van der Waals surface area contributed by atoms with Gasteiger partial charge >= 0.3 is 0 Å². The van der Waals surface area contributed by atoms with E-state index < -0.39 is 23.5 Å². The van der Waals surface area contributed by atoms with Gasteiger partial charge in [0.05, 0.1) is 11.2 Å². The summed E-state index contributed by atoms with van der Waals surface area (Å²) >= 11 is 0. The van der Waals surface area contributed by atoms with Gasteiger partial charge in [-0.15, -0.1) is 4.98 Å². The molecule has 0 aliphatic carbocycles. The van der Waals surface area contributed by atoms with Crippen LogP contribution in [-0.4, -0.2) is 39.6 Å². The predicted octanol–water partition coefficient (Wildman–Crippen LogP) is 4.56. The Kier molecular flexibility index (Phi) is 5.89. The van der Waals surface area contributed by atoms with E-state index in [-0.39, 0.29) is 29.0 Å². The Morgan fingerprint density at radius 1 is 1.09 bits per heavy atom. The quantitative estimate of drug-likeness (QED) is 0.543. The van der Waals surface area contributed by atoms with Crippen molar-refractivity contribution in [3.05, 3.63) is 75.1 Å². The maximum atomic E-state index is 14.4. The fourth-order valence-electron chi connectivity index (χ4n) is 4.73. The fourth-order valence-corrected chi connectivity index (χ4v) is 4.73. The molecule has 0 saturated carbocycles. The van der Waals surface area contributed by atoms with Crippen molar-refractivity contribution >= 4 is 22.5 Å². The largest absolute Gasteiger partial charge is 0.362 e. The first-order chi connectivity index (χ1) is 15.6. The third kappa shape index (κ3) is 3.95. The summed E-state index contributed by atoms with van der Waals surface area (Å²) in [5.74, 6) is -2.53. The first kappa shape index (κ1) is 22.8. The van der Waals surface area contributed by atoms with Crippen LogP contribution in [0, 0.1) is 24.0 Å². The number of hydrogen-bond acceptors (Lipinski definition) is 4. The van der Waals surface area contributed by atoms with Gasteiger partial charge in [-0.1, -0.05) is 6.57 Å². The second kappa shape index (κ2) is 8.52. The molecule has 2 aromatic heterocycles. The molecule has 0 radical (unpaired) electrons. The number of halogens is 3. The monoisotopic (exact) mass is 455 g/mol. The number of piperazine rings is 1. The van der Waals surface area contributed by atoms with Gasteiger partial charge in [-0.25, -0.2) is 13.2 Å². The molecule has 1 unspecified atom stereocenters. The van der Waals surface area contributed by atoms with Crippen molar-refractivity contribution in [2.24, 2.45) is 7.05 Å². The highest BCUT2D eigenvalue weighted by molar-refractivity contribution is 5.89. The fraction of sp³-hybridized carbons (Fsp3) is 0.375. The third-order valence-electron chi connectivity index (χ3n) is 6.47. The summed E-state index contributed by atoms with van der Waals surface area (Å²) in [7, 11) is 1.66. The van der Waals surface area contributed by atoms with Gasteiger partial charge < -0.3 is 14.3 Å². The van der Waals surface area contributed by atoms with Gasteiger partial charge in [0, 0.05) is 62.0 Å². The number of pyridine rings is 2. The van der Waals surface area contributed by atoms with E-state index in [2.05, 4.69) is 14.7 Å². The van der Waals surface area contributed by atoms with Crippen molar-refractivity contribution in [2.75, 3.05) is 18.0 Å². The lowest BCUT2D eigenvalue weighted by molar-refractivity contribution is 0.115. The number of anilines is 1. The van der Waals surface area contributed by atoms with Crippen molar-refractivity contribution in [3.63, 3.8) is 0 Å². The molecule has 1 aliphatic heterocycles. The van der Waals surface area contributed by atoms with Crippen molar-refractivity contribution < 1.29 is 13.2 Å². The highest BCUT2D eigenvalue weighted by Crippen LogP contribution is 2.34. The summed E-state index contributed by atoms with van der Waals surface area (Å²) in [5.41, 5.74) is 1.45. The van der Waals surface area contributed by atoms with Crippen LogP contribution < -0.4 is 10.5 Å². The first-order valence-electron chi connectivity index (χ1n) is 10.7. The Morgan fingerprint density at radius 3 is 2.39 bits per heavy atom. The maximum absolute atomic E-state index is 14.4. The lowest BCUT2D eigenvalue weighted by atomic mass is 9.99. The van der Waals surface area contributed by atoms with Crippen LogP contribution in [0.1, 0.15) is 32.4 Å². The Hall–Kier alpha value is -3.38. The minimum absolute atomic E-state index is 0.121. The molecule has 0 spiro atoms. The van der Waals surface area contributed by atoms with E-state index in [0.29, 0.717) is 41.9 Å². The minimum atomic E-state index is -0.948. The van der Waals surface area contributed by atoms with Crippen LogP contribution in [0.4, 0.5) is 24.7 Å². The summed E-state index contributed by atoms with van der Waals surface area (Å²) in [5, 5.41) is 0. The molecule has 4 rings (SSSR count). The van der Waals surface area contributed by atoms with Crippen molar-refractivity contribution in [1.29, 1.82) is 0 Å². The average molecular weight is 455 g/mol. The molecule has 0 bridgehead atoms. The Labute approximate surface area is 189 Å². The number of aryl methyl sites for hydroxylation is 1. The summed E-state index contributed by atoms with van der Waals surface area (Å²) in [4.78, 5) is 24.5. The molecule has 1 aromatic carbocycles. The molecule has 0 amide bonds. The topological polar surface area (TPSA) is 45.7 Å².